The van der Waals surface area contributed by atoms with Gasteiger partial charge in [-0.15, -0.1) is 0 Å². The van der Waals surface area contributed by atoms with Gasteiger partial charge in [-0.25, -0.2) is 0 Å². The number of hydrogen-bond acceptors (Lipinski definition) is 7. The lowest BCUT2D eigenvalue weighted by Crippen LogP contribution is -2.64. The van der Waals surface area contributed by atoms with E-state index >= 15 is 0 Å². The second-order valence-corrected chi connectivity index (χ2v) is 7.72. The minimum absolute atomic E-state index is 0.192. The van der Waals surface area contributed by atoms with Gasteiger partial charge in [0, 0.05) is 12.7 Å². The summed E-state index contributed by atoms with van der Waals surface area (Å²) in [6.07, 6.45) is -3.90. The minimum Gasteiger partial charge on any atom is -0.488 e. The molecule has 31 heavy (non-hydrogen) atoms. The van der Waals surface area contributed by atoms with Crippen molar-refractivity contribution in [1.82, 2.24) is 0 Å². The number of aliphatic hydroxyl groups excluding tert-OH is 4. The molecule has 0 aromatic heterocycles. The Labute approximate surface area is 186 Å². The van der Waals surface area contributed by atoms with Crippen molar-refractivity contribution in [2.24, 2.45) is 0 Å². The van der Waals surface area contributed by atoms with E-state index in [1.54, 1.807) is 18.2 Å². The molecule has 1 aliphatic rings. The van der Waals surface area contributed by atoms with Crippen molar-refractivity contribution in [3.05, 3.63) is 76.8 Å². The summed E-state index contributed by atoms with van der Waals surface area (Å²) >= 11 is 6.61. The maximum absolute atomic E-state index is 10.8. The molecule has 8 heteroatoms. The molecule has 0 amide bonds. The second kappa shape index (κ2) is 10.1. The van der Waals surface area contributed by atoms with E-state index in [0.717, 1.165) is 5.56 Å². The smallest absolute Gasteiger partial charge is 0.224 e. The maximum Gasteiger partial charge on any atom is 0.224 e. The van der Waals surface area contributed by atoms with Crippen molar-refractivity contribution < 1.29 is 34.6 Å². The third-order valence-electron chi connectivity index (χ3n) is 5.36. The summed E-state index contributed by atoms with van der Waals surface area (Å²) in [5.41, 5.74) is 2.00. The molecule has 0 radical (unpaired) electrons. The summed E-state index contributed by atoms with van der Waals surface area (Å²) in [4.78, 5) is 0. The van der Waals surface area contributed by atoms with Crippen LogP contribution < -0.4 is 4.74 Å². The van der Waals surface area contributed by atoms with Crippen LogP contribution in [0.4, 0.5) is 0 Å². The first-order valence-electron chi connectivity index (χ1n) is 9.86. The van der Waals surface area contributed by atoms with E-state index in [4.69, 9.17) is 25.8 Å². The number of benzene rings is 2. The molecular weight excluding hydrogens is 424 g/mol. The molecule has 7 nitrogen and oxygen atoms in total. The van der Waals surface area contributed by atoms with E-state index in [-0.39, 0.29) is 6.61 Å². The molecule has 0 aliphatic carbocycles. The monoisotopic (exact) mass is 450 g/mol. The van der Waals surface area contributed by atoms with Crippen molar-refractivity contribution in [3.8, 4) is 5.75 Å². The van der Waals surface area contributed by atoms with E-state index in [0.29, 0.717) is 28.3 Å². The summed E-state index contributed by atoms with van der Waals surface area (Å²) in [5, 5.41) is 41.3. The molecule has 1 saturated heterocycles. The van der Waals surface area contributed by atoms with Gasteiger partial charge in [0.25, 0.3) is 0 Å². The maximum atomic E-state index is 10.8. The van der Waals surface area contributed by atoms with Crippen LogP contribution in [0.5, 0.6) is 5.75 Å². The number of rotatable bonds is 8. The van der Waals surface area contributed by atoms with Crippen LogP contribution >= 0.6 is 11.6 Å². The minimum atomic E-state index is -1.87. The summed E-state index contributed by atoms with van der Waals surface area (Å²) in [6, 6.07) is 12.9. The van der Waals surface area contributed by atoms with Crippen LogP contribution in [-0.4, -0.2) is 65.2 Å². The first kappa shape index (κ1) is 23.7. The van der Waals surface area contributed by atoms with Crippen LogP contribution in [0.3, 0.4) is 0 Å². The topological polar surface area (TPSA) is 109 Å². The molecule has 1 aliphatic heterocycles. The van der Waals surface area contributed by atoms with Gasteiger partial charge < -0.3 is 34.6 Å². The molecule has 1 heterocycles. The van der Waals surface area contributed by atoms with Gasteiger partial charge in [0.2, 0.25) is 5.79 Å². The molecule has 0 unspecified atom stereocenters. The molecule has 3 rings (SSSR count). The molecule has 0 bridgehead atoms. The molecular formula is C23H27ClO7. The molecule has 1 fully saturated rings. The van der Waals surface area contributed by atoms with Crippen LogP contribution in [0.15, 0.2) is 55.1 Å². The average Bonchev–Trinajstić information content (AvgIpc) is 2.79. The lowest BCUT2D eigenvalue weighted by molar-refractivity contribution is -0.366. The third kappa shape index (κ3) is 4.63. The first-order valence-corrected chi connectivity index (χ1v) is 10.2. The van der Waals surface area contributed by atoms with Gasteiger partial charge in [0.15, 0.2) is 0 Å². The second-order valence-electron chi connectivity index (χ2n) is 7.35. The highest BCUT2D eigenvalue weighted by molar-refractivity contribution is 6.32. The summed E-state index contributed by atoms with van der Waals surface area (Å²) < 4.78 is 17.1. The molecule has 4 N–H and O–H groups in total. The highest BCUT2D eigenvalue weighted by Crippen LogP contribution is 2.43. The molecule has 2 aromatic carbocycles. The number of methoxy groups -OCH3 is 1. The van der Waals surface area contributed by atoms with Crippen molar-refractivity contribution in [3.63, 3.8) is 0 Å². The van der Waals surface area contributed by atoms with Gasteiger partial charge in [0.05, 0.1) is 11.6 Å². The molecule has 168 valence electrons. The van der Waals surface area contributed by atoms with Gasteiger partial charge in [-0.2, -0.15) is 0 Å². The van der Waals surface area contributed by atoms with Gasteiger partial charge in [-0.05, 0) is 29.7 Å². The van der Waals surface area contributed by atoms with Gasteiger partial charge >= 0.3 is 0 Å². The summed E-state index contributed by atoms with van der Waals surface area (Å²) in [7, 11) is 1.30. The van der Waals surface area contributed by atoms with E-state index in [1.165, 1.54) is 7.11 Å². The van der Waals surface area contributed by atoms with Crippen LogP contribution in [0.1, 0.15) is 16.7 Å². The zero-order chi connectivity index (χ0) is 22.6. The normalized spacial score (nSPS) is 28.3. The van der Waals surface area contributed by atoms with Crippen LogP contribution in [0.2, 0.25) is 5.02 Å². The van der Waals surface area contributed by atoms with Crippen molar-refractivity contribution in [1.29, 1.82) is 0 Å². The largest absolute Gasteiger partial charge is 0.488 e. The Bertz CT molecular complexity index is 889. The Morgan fingerprint density at radius 2 is 1.87 bits per heavy atom. The van der Waals surface area contributed by atoms with E-state index in [9.17, 15) is 20.4 Å². The fourth-order valence-corrected chi connectivity index (χ4v) is 3.95. The van der Waals surface area contributed by atoms with Crippen LogP contribution in [-0.2, 0) is 21.7 Å². The highest BCUT2D eigenvalue weighted by Gasteiger charge is 2.55. The first-order chi connectivity index (χ1) is 14.9. The quantitative estimate of drug-likeness (QED) is 0.454. The molecule has 2 aromatic rings. The average molecular weight is 451 g/mol. The van der Waals surface area contributed by atoms with E-state index in [2.05, 4.69) is 6.58 Å². The fraction of sp³-hybridized carbons (Fsp3) is 0.391. The Morgan fingerprint density at radius 1 is 1.16 bits per heavy atom. The predicted molar refractivity (Wildman–Crippen MR) is 115 cm³/mol. The zero-order valence-electron chi connectivity index (χ0n) is 17.1. The SMILES string of the molecule is C=CCOc1cc([C@]2(OC)O[C@H](CO)[C@@H](O)[C@H](O)[C@H]2O)cc(Cc2ccccc2)c1Cl. The summed E-state index contributed by atoms with van der Waals surface area (Å²) in [5.74, 6) is -1.55. The number of hydrogen-bond donors (Lipinski definition) is 4. The number of halogens is 1. The number of aliphatic hydroxyl groups is 4. The predicted octanol–water partition coefficient (Wildman–Crippen LogP) is 1.77. The fourth-order valence-electron chi connectivity index (χ4n) is 3.72. The van der Waals surface area contributed by atoms with Gasteiger partial charge in [-0.1, -0.05) is 54.6 Å². The number of ether oxygens (including phenoxy) is 3. The van der Waals surface area contributed by atoms with Gasteiger partial charge in [-0.3, -0.25) is 0 Å². The Balaban J connectivity index is 2.13. The molecule has 0 spiro atoms. The third-order valence-corrected chi connectivity index (χ3v) is 5.79. The standard InChI is InChI=1S/C23H27ClO7/c1-3-9-30-17-12-16(11-15(19(17)24)10-14-7-5-4-6-8-14)23(29-2)22(28)21(27)20(26)18(13-25)31-23/h3-8,11-12,18,20-22,25-28H,1,9-10,13H2,2H3/t18-,20-,21+,22-,23+/m1/s1. The van der Waals surface area contributed by atoms with Crippen LogP contribution in [0, 0.1) is 0 Å². The van der Waals surface area contributed by atoms with E-state index < -0.39 is 36.8 Å². The zero-order valence-corrected chi connectivity index (χ0v) is 17.9. The lowest BCUT2D eigenvalue weighted by Gasteiger charge is -2.47. The Hall–Kier alpha value is -1.97. The van der Waals surface area contributed by atoms with Crippen molar-refractivity contribution in [2.75, 3.05) is 20.3 Å². The van der Waals surface area contributed by atoms with E-state index in [1.807, 2.05) is 30.3 Å². The Kier molecular flexibility index (Phi) is 7.72. The summed E-state index contributed by atoms with van der Waals surface area (Å²) in [6.45, 7) is 3.25. The van der Waals surface area contributed by atoms with Crippen LogP contribution in [0.25, 0.3) is 0 Å². The van der Waals surface area contributed by atoms with Crippen molar-refractivity contribution in [2.45, 2.75) is 36.6 Å². The Morgan fingerprint density at radius 3 is 2.48 bits per heavy atom. The van der Waals surface area contributed by atoms with Gasteiger partial charge in [0.1, 0.15) is 36.8 Å². The molecule has 5 atom stereocenters. The van der Waals surface area contributed by atoms with Crippen molar-refractivity contribution >= 4 is 11.6 Å². The molecule has 0 saturated carbocycles. The lowest BCUT2D eigenvalue weighted by atomic mass is 9.86. The highest BCUT2D eigenvalue weighted by atomic mass is 35.5.